The van der Waals surface area contributed by atoms with Gasteiger partial charge in [0.2, 0.25) is 5.91 Å². The Bertz CT molecular complexity index is 915. The van der Waals surface area contributed by atoms with Crippen molar-refractivity contribution in [1.82, 2.24) is 15.8 Å². The highest BCUT2D eigenvalue weighted by Gasteiger charge is 2.55. The Kier molecular flexibility index (Phi) is 5.21. The highest BCUT2D eigenvalue weighted by Crippen LogP contribution is 2.49. The van der Waals surface area contributed by atoms with Crippen molar-refractivity contribution >= 4 is 5.91 Å². The van der Waals surface area contributed by atoms with E-state index in [2.05, 4.69) is 10.9 Å². The van der Waals surface area contributed by atoms with Gasteiger partial charge in [0.1, 0.15) is 17.5 Å². The van der Waals surface area contributed by atoms with Gasteiger partial charge in [-0.15, -0.1) is 0 Å². The fourth-order valence-corrected chi connectivity index (χ4v) is 4.75. The molecule has 2 heterocycles. The number of nitrogens with zero attached hydrogens (tertiary/aromatic N) is 1. The molecule has 29 heavy (non-hydrogen) atoms. The van der Waals surface area contributed by atoms with Crippen molar-refractivity contribution in [2.24, 2.45) is 5.92 Å². The van der Waals surface area contributed by atoms with E-state index >= 15 is 0 Å². The van der Waals surface area contributed by atoms with Crippen molar-refractivity contribution in [1.29, 1.82) is 0 Å². The molecule has 2 fully saturated rings. The molecule has 2 aliphatic heterocycles. The molecule has 2 aliphatic rings. The number of aliphatic hydroxyl groups excluding tert-OH is 1. The maximum Gasteiger partial charge on any atom is 0.242 e. The minimum atomic E-state index is -0.432. The van der Waals surface area contributed by atoms with Crippen LogP contribution in [0.1, 0.15) is 34.3 Å². The summed E-state index contributed by atoms with van der Waals surface area (Å²) in [6.07, 6.45) is 0. The van der Waals surface area contributed by atoms with E-state index in [1.807, 2.05) is 50.2 Å². The molecule has 154 valence electrons. The maximum absolute atomic E-state index is 13.1. The van der Waals surface area contributed by atoms with E-state index in [-0.39, 0.29) is 42.8 Å². The molecule has 4 N–H and O–H groups in total. The van der Waals surface area contributed by atoms with Gasteiger partial charge >= 0.3 is 0 Å². The minimum absolute atomic E-state index is 0.0521. The Morgan fingerprint density at radius 2 is 1.79 bits per heavy atom. The predicted octanol–water partition coefficient (Wildman–Crippen LogP) is 1.73. The number of hydrogen-bond donors (Lipinski definition) is 4. The SMILES string of the molecule is COc1ccc(C2C3C(NNC3c3cc(C)cc(C)c3O)C(=O)N2CCO)cc1. The van der Waals surface area contributed by atoms with E-state index < -0.39 is 6.04 Å². The van der Waals surface area contributed by atoms with Gasteiger partial charge in [0, 0.05) is 18.0 Å². The Labute approximate surface area is 170 Å². The zero-order valence-corrected chi connectivity index (χ0v) is 16.8. The first-order valence-electron chi connectivity index (χ1n) is 9.82. The summed E-state index contributed by atoms with van der Waals surface area (Å²) in [6, 6.07) is 10.7. The van der Waals surface area contributed by atoms with E-state index in [0.29, 0.717) is 0 Å². The average Bonchev–Trinajstić information content (AvgIpc) is 3.25. The van der Waals surface area contributed by atoms with Crippen molar-refractivity contribution in [3.05, 3.63) is 58.7 Å². The van der Waals surface area contributed by atoms with Gasteiger partial charge in [-0.3, -0.25) is 4.79 Å². The second kappa shape index (κ2) is 7.67. The zero-order valence-electron chi connectivity index (χ0n) is 16.8. The lowest BCUT2D eigenvalue weighted by Crippen LogP contribution is -2.42. The third-order valence-electron chi connectivity index (χ3n) is 6.02. The van der Waals surface area contributed by atoms with Gasteiger partial charge in [-0.05, 0) is 37.1 Å². The van der Waals surface area contributed by atoms with E-state index in [0.717, 1.165) is 28.0 Å². The normalized spacial score (nSPS) is 26.1. The van der Waals surface area contributed by atoms with E-state index in [9.17, 15) is 15.0 Å². The van der Waals surface area contributed by atoms with E-state index in [1.165, 1.54) is 0 Å². The predicted molar refractivity (Wildman–Crippen MR) is 108 cm³/mol. The Morgan fingerprint density at radius 3 is 2.45 bits per heavy atom. The molecule has 4 atom stereocenters. The number of hydrazine groups is 1. The summed E-state index contributed by atoms with van der Waals surface area (Å²) in [6.45, 7) is 4.03. The van der Waals surface area contributed by atoms with Gasteiger partial charge in [0.25, 0.3) is 0 Å². The lowest BCUT2D eigenvalue weighted by Gasteiger charge is -2.31. The van der Waals surface area contributed by atoms with Crippen LogP contribution in [0.15, 0.2) is 36.4 Å². The molecular formula is C22H27N3O4. The number of hydrogen-bond acceptors (Lipinski definition) is 6. The average molecular weight is 397 g/mol. The minimum Gasteiger partial charge on any atom is -0.507 e. The number of β-amino-alcohol motifs (C(OH)–C–C–N with tert-alkyl or cyclic N) is 1. The molecule has 0 aliphatic carbocycles. The second-order valence-electron chi connectivity index (χ2n) is 7.81. The number of rotatable bonds is 5. The second-order valence-corrected chi connectivity index (χ2v) is 7.81. The topological polar surface area (TPSA) is 94.1 Å². The third-order valence-corrected chi connectivity index (χ3v) is 6.02. The van der Waals surface area contributed by atoms with Gasteiger partial charge in [-0.2, -0.15) is 0 Å². The molecule has 1 amide bonds. The van der Waals surface area contributed by atoms with Crippen LogP contribution in [-0.4, -0.2) is 47.3 Å². The van der Waals surface area contributed by atoms with Crippen LogP contribution in [0.5, 0.6) is 11.5 Å². The molecule has 2 saturated heterocycles. The number of aryl methyl sites for hydroxylation is 2. The first kappa shape index (κ1) is 19.7. The molecule has 0 spiro atoms. The number of amides is 1. The molecule has 4 unspecified atom stereocenters. The zero-order chi connectivity index (χ0) is 20.7. The fourth-order valence-electron chi connectivity index (χ4n) is 4.75. The number of fused-ring (bicyclic) bond motifs is 1. The van der Waals surface area contributed by atoms with Gasteiger partial charge < -0.3 is 19.8 Å². The van der Waals surface area contributed by atoms with Crippen molar-refractivity contribution in [2.45, 2.75) is 32.0 Å². The van der Waals surface area contributed by atoms with Crippen LogP contribution in [0.4, 0.5) is 0 Å². The molecule has 0 bridgehead atoms. The first-order chi connectivity index (χ1) is 14.0. The summed E-state index contributed by atoms with van der Waals surface area (Å²) in [5.74, 6) is 0.796. The molecule has 0 aromatic heterocycles. The standard InChI is InChI=1S/C22H27N3O4/c1-12-10-13(2)21(27)16(11-12)18-17-19(24-23-18)22(28)25(8-9-26)20(17)14-4-6-15(29-3)7-5-14/h4-7,10-11,17-20,23-24,26-27H,8-9H2,1-3H3. The summed E-state index contributed by atoms with van der Waals surface area (Å²) in [7, 11) is 1.62. The molecule has 0 radical (unpaired) electrons. The van der Waals surface area contributed by atoms with Crippen LogP contribution < -0.4 is 15.6 Å². The number of benzene rings is 2. The number of phenolic OH excluding ortho intramolecular Hbond substituents is 1. The van der Waals surface area contributed by atoms with Crippen molar-refractivity contribution in [3.63, 3.8) is 0 Å². The van der Waals surface area contributed by atoms with Crippen LogP contribution in [0.25, 0.3) is 0 Å². The summed E-state index contributed by atoms with van der Waals surface area (Å²) >= 11 is 0. The summed E-state index contributed by atoms with van der Waals surface area (Å²) < 4.78 is 5.27. The summed E-state index contributed by atoms with van der Waals surface area (Å²) in [4.78, 5) is 14.8. The summed E-state index contributed by atoms with van der Waals surface area (Å²) in [5, 5.41) is 20.3. The van der Waals surface area contributed by atoms with Crippen molar-refractivity contribution in [2.75, 3.05) is 20.3 Å². The largest absolute Gasteiger partial charge is 0.507 e. The molecule has 7 nitrogen and oxygen atoms in total. The van der Waals surface area contributed by atoms with E-state index in [1.54, 1.807) is 12.0 Å². The third kappa shape index (κ3) is 3.25. The molecule has 7 heteroatoms. The monoisotopic (exact) mass is 397 g/mol. The van der Waals surface area contributed by atoms with Crippen molar-refractivity contribution < 1.29 is 19.7 Å². The highest BCUT2D eigenvalue weighted by molar-refractivity contribution is 5.86. The highest BCUT2D eigenvalue weighted by atomic mass is 16.5. The van der Waals surface area contributed by atoms with Gasteiger partial charge in [0.15, 0.2) is 0 Å². The molecule has 2 aromatic rings. The number of aliphatic hydroxyl groups is 1. The number of carbonyl (C=O) groups is 1. The number of aromatic hydroxyl groups is 1. The Morgan fingerprint density at radius 1 is 1.10 bits per heavy atom. The lowest BCUT2D eigenvalue weighted by molar-refractivity contribution is -0.131. The number of nitrogens with one attached hydrogen (secondary N) is 2. The van der Waals surface area contributed by atoms with Crippen LogP contribution in [0.3, 0.4) is 0 Å². The Hall–Kier alpha value is -2.61. The first-order valence-corrected chi connectivity index (χ1v) is 9.82. The van der Waals surface area contributed by atoms with Gasteiger partial charge in [0.05, 0.1) is 25.8 Å². The van der Waals surface area contributed by atoms with Crippen LogP contribution in [0.2, 0.25) is 0 Å². The quantitative estimate of drug-likeness (QED) is 0.614. The van der Waals surface area contributed by atoms with Crippen LogP contribution in [0, 0.1) is 19.8 Å². The number of phenols is 1. The fraction of sp³-hybridized carbons (Fsp3) is 0.409. The van der Waals surface area contributed by atoms with E-state index in [4.69, 9.17) is 4.74 Å². The smallest absolute Gasteiger partial charge is 0.242 e. The Balaban J connectivity index is 1.79. The number of ether oxygens (including phenoxy) is 1. The molecule has 2 aromatic carbocycles. The van der Waals surface area contributed by atoms with Crippen LogP contribution >= 0.6 is 0 Å². The number of methoxy groups -OCH3 is 1. The number of carbonyl (C=O) groups excluding carboxylic acids is 1. The molecular weight excluding hydrogens is 370 g/mol. The maximum atomic E-state index is 13.1. The van der Waals surface area contributed by atoms with Crippen molar-refractivity contribution in [3.8, 4) is 11.5 Å². The molecule has 4 rings (SSSR count). The van der Waals surface area contributed by atoms with Crippen LogP contribution in [-0.2, 0) is 4.79 Å². The lowest BCUT2D eigenvalue weighted by atomic mass is 9.82. The number of likely N-dealkylation sites (tertiary alicyclic amines) is 1. The summed E-state index contributed by atoms with van der Waals surface area (Å²) in [5.41, 5.74) is 9.99. The van der Waals surface area contributed by atoms with Gasteiger partial charge in [-0.1, -0.05) is 29.8 Å². The van der Waals surface area contributed by atoms with Gasteiger partial charge in [-0.25, -0.2) is 10.9 Å². The molecule has 0 saturated carbocycles.